The van der Waals surface area contributed by atoms with Crippen LogP contribution in [0.4, 0.5) is 0 Å². The molecule has 6 aromatic heterocycles. The van der Waals surface area contributed by atoms with E-state index in [2.05, 4.69) is 347 Å². The molecule has 8 heteroatoms. The van der Waals surface area contributed by atoms with E-state index < -0.39 is 0 Å². The van der Waals surface area contributed by atoms with Gasteiger partial charge in [0.1, 0.15) is 0 Å². The summed E-state index contributed by atoms with van der Waals surface area (Å²) in [5.74, 6) is 14.4. The van der Waals surface area contributed by atoms with Crippen molar-refractivity contribution in [2.75, 3.05) is 0 Å². The topological polar surface area (TPSA) is 115 Å². The van der Waals surface area contributed by atoms with Crippen molar-refractivity contribution < 1.29 is 0 Å². The summed E-state index contributed by atoms with van der Waals surface area (Å²) < 4.78 is 0. The van der Waals surface area contributed by atoms with Crippen molar-refractivity contribution in [1.29, 1.82) is 0 Å². The summed E-state index contributed by atoms with van der Waals surface area (Å²) in [6, 6.07) is 96.6. The van der Waals surface area contributed by atoms with Crippen LogP contribution in [0.5, 0.6) is 0 Å². The summed E-state index contributed by atoms with van der Waals surface area (Å²) >= 11 is 0. The largest absolute Gasteiger partial charge is 0.354 e. The van der Waals surface area contributed by atoms with E-state index in [4.69, 9.17) is 19.9 Å². The Kier molecular flexibility index (Phi) is 15.6. The van der Waals surface area contributed by atoms with E-state index in [1.807, 2.05) is 36.4 Å². The molecule has 0 atom stereocenters. The van der Waals surface area contributed by atoms with Gasteiger partial charge in [0.15, 0.2) is 0 Å². The maximum Gasteiger partial charge on any atom is 0.0815 e. The second-order valence-electron chi connectivity index (χ2n) is 25.3. The number of H-pyrrole nitrogens is 4. The van der Waals surface area contributed by atoms with Crippen LogP contribution in [0.25, 0.3) is 172 Å². The minimum Gasteiger partial charge on any atom is -0.354 e. The number of nitrogens with zero attached hydrogens (tertiary/aromatic N) is 4. The van der Waals surface area contributed by atoms with Gasteiger partial charge in [0.25, 0.3) is 0 Å². The molecular formula is C94H60N8. The van der Waals surface area contributed by atoms with Crippen LogP contribution in [0.15, 0.2) is 279 Å². The normalized spacial score (nSPS) is 12.0. The fourth-order valence-corrected chi connectivity index (χ4v) is 14.0. The summed E-state index contributed by atoms with van der Waals surface area (Å²) in [6.07, 6.45) is 21.1. The third-order valence-electron chi connectivity index (χ3n) is 18.8. The van der Waals surface area contributed by atoms with Crippen molar-refractivity contribution in [3.63, 3.8) is 0 Å². The van der Waals surface area contributed by atoms with Gasteiger partial charge in [-0.15, -0.1) is 0 Å². The number of nitrogens with one attached hydrogen (secondary N) is 4. The Morgan fingerprint density at radius 3 is 0.696 bits per heavy atom. The van der Waals surface area contributed by atoms with E-state index in [0.717, 1.165) is 190 Å². The lowest BCUT2D eigenvalue weighted by molar-refractivity contribution is 1.30. The van der Waals surface area contributed by atoms with E-state index in [-0.39, 0.29) is 0 Å². The molecule has 10 heterocycles. The predicted molar refractivity (Wildman–Crippen MR) is 424 cm³/mol. The molecule has 0 saturated carbocycles. The van der Waals surface area contributed by atoms with Crippen LogP contribution < -0.4 is 0 Å². The van der Waals surface area contributed by atoms with Crippen molar-refractivity contribution >= 4 is 105 Å². The highest BCUT2D eigenvalue weighted by Gasteiger charge is 2.21. The lowest BCUT2D eigenvalue weighted by Crippen LogP contribution is -1.89. The molecule has 102 heavy (non-hydrogen) atoms. The molecule has 16 bridgehead atoms. The highest BCUT2D eigenvalue weighted by molar-refractivity contribution is 6.01. The Hall–Kier alpha value is -14.2. The van der Waals surface area contributed by atoms with Crippen LogP contribution in [-0.4, -0.2) is 39.9 Å². The second-order valence-corrected chi connectivity index (χ2v) is 25.3. The first-order chi connectivity index (χ1) is 50.5. The van der Waals surface area contributed by atoms with E-state index >= 15 is 0 Å². The van der Waals surface area contributed by atoms with Gasteiger partial charge in [0.2, 0.25) is 0 Å². The first kappa shape index (κ1) is 60.2. The monoisotopic (exact) mass is 1300 g/mol. The maximum absolute atomic E-state index is 5.46. The van der Waals surface area contributed by atoms with Crippen LogP contribution in [0.2, 0.25) is 0 Å². The number of aromatic nitrogens is 8. The molecular weight excluding hydrogens is 1240 g/mol. The van der Waals surface area contributed by atoms with Crippen molar-refractivity contribution in [3.05, 3.63) is 358 Å². The molecule has 0 unspecified atom stereocenters. The zero-order valence-electron chi connectivity index (χ0n) is 55.1. The van der Waals surface area contributed by atoms with Crippen LogP contribution in [0.1, 0.15) is 78.9 Å². The zero-order valence-corrected chi connectivity index (χ0v) is 55.1. The van der Waals surface area contributed by atoms with Gasteiger partial charge in [-0.2, -0.15) is 0 Å². The molecule has 476 valence electrons. The molecule has 8 aromatic carbocycles. The van der Waals surface area contributed by atoms with Crippen molar-refractivity contribution in [2.24, 2.45) is 0 Å². The Labute approximate surface area is 589 Å². The van der Waals surface area contributed by atoms with Crippen molar-refractivity contribution in [1.82, 2.24) is 39.9 Å². The van der Waals surface area contributed by atoms with E-state index in [0.29, 0.717) is 0 Å². The average Bonchev–Trinajstić information content (AvgIpc) is 1.62. The Balaban J connectivity index is 0.735. The second kappa shape index (κ2) is 26.3. The SMILES string of the molecule is C(#Cc1c2nc(c(-c3ccccc3)c3ccc([nH]3)c(-c3ccccc3)c3nc(c(-c4ccccc4)c4ccc1[nH]4)C=C3)C=C2)c1cccc(/C=C\c2cccc(C#Cc3c4nc(c(-c5ccccc5)c5ccc([nH]5)c(-c5ccccc5)c5nc(c(-c6ccccc6)c6ccc3[nH]6)C=C5)C=C4)c2)c1. The third-order valence-corrected chi connectivity index (χ3v) is 18.8. The minimum atomic E-state index is 0.751. The lowest BCUT2D eigenvalue weighted by Gasteiger charge is -2.06. The van der Waals surface area contributed by atoms with Crippen LogP contribution in [0, 0.1) is 23.7 Å². The highest BCUT2D eigenvalue weighted by atomic mass is 14.8. The van der Waals surface area contributed by atoms with Gasteiger partial charge in [-0.05, 0) is 166 Å². The number of aromatic amines is 4. The average molecular weight is 1300 g/mol. The fourth-order valence-electron chi connectivity index (χ4n) is 14.0. The molecule has 0 spiro atoms. The summed E-state index contributed by atoms with van der Waals surface area (Å²) in [5.41, 5.74) is 31.3. The van der Waals surface area contributed by atoms with Crippen molar-refractivity contribution in [3.8, 4) is 90.4 Å². The number of fused-ring (bicyclic) bond motifs is 16. The maximum atomic E-state index is 5.46. The molecule has 4 aliphatic rings. The van der Waals surface area contributed by atoms with Gasteiger partial charge in [-0.1, -0.05) is 242 Å². The molecule has 0 amide bonds. The molecule has 0 radical (unpaired) electrons. The van der Waals surface area contributed by atoms with E-state index in [9.17, 15) is 0 Å². The Morgan fingerprint density at radius 1 is 0.206 bits per heavy atom. The molecule has 4 aliphatic heterocycles. The number of hydrogen-bond donors (Lipinski definition) is 4. The van der Waals surface area contributed by atoms with Gasteiger partial charge in [0, 0.05) is 77.6 Å². The molecule has 8 nitrogen and oxygen atoms in total. The number of rotatable bonds is 8. The molecule has 0 saturated heterocycles. The van der Waals surface area contributed by atoms with Crippen LogP contribution >= 0.6 is 0 Å². The quantitative estimate of drug-likeness (QED) is 0.0896. The van der Waals surface area contributed by atoms with Gasteiger partial charge in [-0.25, -0.2) is 19.9 Å². The lowest BCUT2D eigenvalue weighted by atomic mass is 10.0. The predicted octanol–water partition coefficient (Wildman–Crippen LogP) is 22.6. The summed E-state index contributed by atoms with van der Waals surface area (Å²) in [6.45, 7) is 0. The fraction of sp³-hybridized carbons (Fsp3) is 0. The molecule has 4 N–H and O–H groups in total. The van der Waals surface area contributed by atoms with Crippen LogP contribution in [-0.2, 0) is 0 Å². The van der Waals surface area contributed by atoms with E-state index in [1.165, 1.54) is 0 Å². The Morgan fingerprint density at radius 2 is 0.431 bits per heavy atom. The summed E-state index contributed by atoms with van der Waals surface area (Å²) in [7, 11) is 0. The Bertz CT molecular complexity index is 5880. The minimum absolute atomic E-state index is 0.751. The number of benzene rings is 8. The summed E-state index contributed by atoms with van der Waals surface area (Å²) in [4.78, 5) is 37.2. The van der Waals surface area contributed by atoms with Gasteiger partial charge < -0.3 is 19.9 Å². The van der Waals surface area contributed by atoms with Gasteiger partial charge >= 0.3 is 0 Å². The third kappa shape index (κ3) is 11.8. The van der Waals surface area contributed by atoms with Crippen molar-refractivity contribution in [2.45, 2.75) is 0 Å². The zero-order chi connectivity index (χ0) is 67.7. The molecule has 0 fully saturated rings. The molecule has 0 aliphatic carbocycles. The van der Waals surface area contributed by atoms with E-state index in [1.54, 1.807) is 0 Å². The van der Waals surface area contributed by atoms with Gasteiger partial charge in [0.05, 0.1) is 67.7 Å². The summed E-state index contributed by atoms with van der Waals surface area (Å²) in [5, 5.41) is 0. The molecule has 18 rings (SSSR count). The first-order valence-electron chi connectivity index (χ1n) is 34.1. The highest BCUT2D eigenvalue weighted by Crippen LogP contribution is 2.40. The van der Waals surface area contributed by atoms with Gasteiger partial charge in [-0.3, -0.25) is 0 Å². The molecule has 14 aromatic rings. The standard InChI is InChI=1S/C94H60N8/c1-7-25-65(26-8-1)89-77-47-43-73(95-77)71(74-44-48-78(96-74)90(66-27-9-2-10-28-66)82-52-56-86(100-82)93(69-33-15-5-16-34-69)85-55-51-81(89)99-85)41-39-63-23-19-21-61(59-63)37-38-62-22-20-24-64(60-62)40-42-72-75-45-49-79(97-75)91(67-29-11-3-12-30-67)83-53-57-87(101-83)94(70-35-17-6-18-36-70)88-58-54-84(102-88)92(68-31-13-4-14-32-68)80-50-46-76(72)98-80/h1-38,43-60,95,97,100,102H/b38-37-,73-71?,74-71?,75-72?,76-72?,89-77?,89-81?,90-78?,90-82?,91-79?,91-83?,92-80?,92-84?,93-85?,93-86?,94-87?,94-88?. The first-order valence-corrected chi connectivity index (χ1v) is 34.1. The smallest absolute Gasteiger partial charge is 0.0815 e. The number of hydrogen-bond acceptors (Lipinski definition) is 4. The van der Waals surface area contributed by atoms with Crippen LogP contribution in [0.3, 0.4) is 0 Å².